The van der Waals surface area contributed by atoms with E-state index in [1.54, 1.807) is 24.3 Å². The SMILES string of the molecule is O=C1c2c(n(S(=O)(=O)c3ccccc3)c3ccccc23)[C@@H]2[C@H]3CC[C@H](C3)[C@H]12. The van der Waals surface area contributed by atoms with Crippen LogP contribution in [0.3, 0.4) is 0 Å². The molecular formula is C22H19NO3S. The average molecular weight is 377 g/mol. The zero-order valence-corrected chi connectivity index (χ0v) is 15.5. The molecule has 3 aliphatic rings. The number of carbonyl (C=O) groups excluding carboxylic acids is 1. The van der Waals surface area contributed by atoms with Crippen LogP contribution in [0.5, 0.6) is 0 Å². The van der Waals surface area contributed by atoms with E-state index in [4.69, 9.17) is 0 Å². The molecule has 2 saturated carbocycles. The number of Topliss-reactive ketones (excluding diaryl/α,β-unsaturated/α-hetero) is 1. The lowest BCUT2D eigenvalue weighted by Gasteiger charge is -2.25. The number of hydrogen-bond donors (Lipinski definition) is 0. The Bertz CT molecular complexity index is 1210. The highest BCUT2D eigenvalue weighted by molar-refractivity contribution is 7.90. The lowest BCUT2D eigenvalue weighted by Crippen LogP contribution is -2.24. The summed E-state index contributed by atoms with van der Waals surface area (Å²) in [5.74, 6) is 1.05. The number of aromatic nitrogens is 1. The van der Waals surface area contributed by atoms with Crippen molar-refractivity contribution in [1.82, 2.24) is 3.97 Å². The summed E-state index contributed by atoms with van der Waals surface area (Å²) in [6, 6.07) is 16.0. The third kappa shape index (κ3) is 1.83. The van der Waals surface area contributed by atoms with Gasteiger partial charge in [0.25, 0.3) is 10.0 Å². The Hall–Kier alpha value is -2.40. The van der Waals surface area contributed by atoms with E-state index in [-0.39, 0.29) is 22.5 Å². The van der Waals surface area contributed by atoms with Crippen molar-refractivity contribution in [2.75, 3.05) is 0 Å². The number of rotatable bonds is 2. The summed E-state index contributed by atoms with van der Waals surface area (Å²) in [5.41, 5.74) is 2.04. The molecule has 2 fully saturated rings. The second-order valence-electron chi connectivity index (χ2n) is 8.11. The average Bonchev–Trinajstić information content (AvgIpc) is 3.42. The van der Waals surface area contributed by atoms with Gasteiger partial charge in [-0.1, -0.05) is 36.4 Å². The Morgan fingerprint density at radius 2 is 1.52 bits per heavy atom. The Labute approximate surface area is 157 Å². The standard InChI is InChI=1S/C22H19NO3S/c24-22-19-14-11-10-13(12-14)18(19)21-20(22)16-8-4-5-9-17(16)23(21)27(25,26)15-6-2-1-3-7-15/h1-9,13-14,18-19H,10-12H2/t13-,14+,18+,19-/m0/s1. The van der Waals surface area contributed by atoms with E-state index in [0.29, 0.717) is 22.9 Å². The lowest BCUT2D eigenvalue weighted by molar-refractivity contribution is 0.0884. The van der Waals surface area contributed by atoms with Gasteiger partial charge < -0.3 is 0 Å². The predicted molar refractivity (Wildman–Crippen MR) is 102 cm³/mol. The topological polar surface area (TPSA) is 56.1 Å². The maximum Gasteiger partial charge on any atom is 0.268 e. The zero-order valence-electron chi connectivity index (χ0n) is 14.7. The molecule has 136 valence electrons. The van der Waals surface area contributed by atoms with Gasteiger partial charge in [-0.25, -0.2) is 12.4 Å². The van der Waals surface area contributed by atoms with Crippen LogP contribution < -0.4 is 0 Å². The van der Waals surface area contributed by atoms with E-state index in [2.05, 4.69) is 0 Å². The van der Waals surface area contributed by atoms with Gasteiger partial charge in [-0.15, -0.1) is 0 Å². The molecular weight excluding hydrogens is 358 g/mol. The predicted octanol–water partition coefficient (Wildman–Crippen LogP) is 4.20. The van der Waals surface area contributed by atoms with Crippen molar-refractivity contribution >= 4 is 26.7 Å². The third-order valence-electron chi connectivity index (χ3n) is 6.93. The Morgan fingerprint density at radius 1 is 0.852 bits per heavy atom. The monoisotopic (exact) mass is 377 g/mol. The van der Waals surface area contributed by atoms with Gasteiger partial charge in [-0.2, -0.15) is 0 Å². The van der Waals surface area contributed by atoms with Crippen molar-refractivity contribution in [3.8, 4) is 0 Å². The lowest BCUT2D eigenvalue weighted by atomic mass is 9.80. The molecule has 6 rings (SSSR count). The molecule has 5 heteroatoms. The fourth-order valence-corrected chi connectivity index (χ4v) is 7.58. The summed E-state index contributed by atoms with van der Waals surface area (Å²) in [4.78, 5) is 13.6. The summed E-state index contributed by atoms with van der Waals surface area (Å²) in [6.07, 6.45) is 3.27. The summed E-state index contributed by atoms with van der Waals surface area (Å²) >= 11 is 0. The molecule has 2 bridgehead atoms. The first kappa shape index (κ1) is 15.6. The minimum absolute atomic E-state index is 0.0180. The van der Waals surface area contributed by atoms with Crippen LogP contribution in [0.4, 0.5) is 0 Å². The van der Waals surface area contributed by atoms with E-state index >= 15 is 0 Å². The van der Waals surface area contributed by atoms with E-state index in [0.717, 1.165) is 30.3 Å². The molecule has 3 aromatic rings. The molecule has 3 aliphatic carbocycles. The summed E-state index contributed by atoms with van der Waals surface area (Å²) in [7, 11) is -3.76. The number of fused-ring (bicyclic) bond motifs is 9. The maximum absolute atomic E-state index is 13.6. The number of para-hydroxylation sites is 1. The van der Waals surface area contributed by atoms with Crippen LogP contribution in [-0.2, 0) is 10.0 Å². The van der Waals surface area contributed by atoms with Crippen LogP contribution in [0.15, 0.2) is 59.5 Å². The first-order chi connectivity index (χ1) is 13.1. The largest absolute Gasteiger partial charge is 0.294 e. The number of benzene rings is 2. The quantitative estimate of drug-likeness (QED) is 0.672. The fraction of sp³-hybridized carbons (Fsp3) is 0.318. The van der Waals surface area contributed by atoms with Gasteiger partial charge in [-0.3, -0.25) is 4.79 Å². The molecule has 0 aliphatic heterocycles. The zero-order chi connectivity index (χ0) is 18.3. The number of hydrogen-bond acceptors (Lipinski definition) is 3. The van der Waals surface area contributed by atoms with Crippen molar-refractivity contribution in [2.45, 2.75) is 30.1 Å². The second-order valence-corrected chi connectivity index (χ2v) is 9.90. The van der Waals surface area contributed by atoms with Crippen LogP contribution in [0.2, 0.25) is 0 Å². The highest BCUT2D eigenvalue weighted by Gasteiger charge is 2.58. The molecule has 0 N–H and O–H groups in total. The first-order valence-electron chi connectivity index (χ1n) is 9.57. The Morgan fingerprint density at radius 3 is 2.30 bits per heavy atom. The minimum Gasteiger partial charge on any atom is -0.294 e. The molecule has 0 unspecified atom stereocenters. The molecule has 0 saturated heterocycles. The molecule has 4 nitrogen and oxygen atoms in total. The van der Waals surface area contributed by atoms with Crippen LogP contribution in [0.1, 0.15) is 41.2 Å². The fourth-order valence-electron chi connectivity index (χ4n) is 5.98. The first-order valence-corrected chi connectivity index (χ1v) is 11.0. The van der Waals surface area contributed by atoms with Crippen molar-refractivity contribution in [3.63, 3.8) is 0 Å². The highest BCUT2D eigenvalue weighted by atomic mass is 32.2. The normalized spacial score (nSPS) is 28.7. The van der Waals surface area contributed by atoms with Crippen molar-refractivity contribution in [1.29, 1.82) is 0 Å². The van der Waals surface area contributed by atoms with Crippen molar-refractivity contribution < 1.29 is 13.2 Å². The van der Waals surface area contributed by atoms with Gasteiger partial charge in [0.15, 0.2) is 5.78 Å². The Balaban J connectivity index is 1.71. The number of nitrogens with zero attached hydrogens (tertiary/aromatic N) is 1. The van der Waals surface area contributed by atoms with Crippen molar-refractivity contribution in [3.05, 3.63) is 65.9 Å². The second kappa shape index (κ2) is 5.10. The van der Waals surface area contributed by atoms with Crippen LogP contribution >= 0.6 is 0 Å². The van der Waals surface area contributed by atoms with Gasteiger partial charge in [0.05, 0.1) is 16.1 Å². The maximum atomic E-state index is 13.6. The van der Waals surface area contributed by atoms with Gasteiger partial charge in [0, 0.05) is 22.8 Å². The van der Waals surface area contributed by atoms with Crippen molar-refractivity contribution in [2.24, 2.45) is 17.8 Å². The van der Waals surface area contributed by atoms with E-state index < -0.39 is 10.0 Å². The van der Waals surface area contributed by atoms with Crippen LogP contribution in [-0.4, -0.2) is 18.2 Å². The molecule has 1 aromatic heterocycles. The van der Waals surface area contributed by atoms with Crippen LogP contribution in [0, 0.1) is 17.8 Å². The van der Waals surface area contributed by atoms with E-state index in [1.807, 2.05) is 30.3 Å². The molecule has 2 aromatic carbocycles. The van der Waals surface area contributed by atoms with Gasteiger partial charge >= 0.3 is 0 Å². The van der Waals surface area contributed by atoms with E-state index in [9.17, 15) is 13.2 Å². The molecule has 0 amide bonds. The number of carbonyl (C=O) groups is 1. The molecule has 0 spiro atoms. The molecule has 0 radical (unpaired) electrons. The Kier molecular flexibility index (Phi) is 2.96. The van der Waals surface area contributed by atoms with Crippen LogP contribution in [0.25, 0.3) is 10.9 Å². The minimum atomic E-state index is -3.76. The third-order valence-corrected chi connectivity index (χ3v) is 8.67. The van der Waals surface area contributed by atoms with Gasteiger partial charge in [0.2, 0.25) is 0 Å². The molecule has 4 atom stereocenters. The summed E-state index contributed by atoms with van der Waals surface area (Å²) in [6.45, 7) is 0. The highest BCUT2D eigenvalue weighted by Crippen LogP contribution is 2.62. The summed E-state index contributed by atoms with van der Waals surface area (Å²) in [5, 5.41) is 0.783. The molecule has 27 heavy (non-hydrogen) atoms. The molecule has 1 heterocycles. The number of ketones is 1. The van der Waals surface area contributed by atoms with Gasteiger partial charge in [-0.05, 0) is 49.3 Å². The smallest absolute Gasteiger partial charge is 0.268 e. The van der Waals surface area contributed by atoms with Gasteiger partial charge in [0.1, 0.15) is 0 Å². The van der Waals surface area contributed by atoms with E-state index in [1.165, 1.54) is 3.97 Å². The summed E-state index contributed by atoms with van der Waals surface area (Å²) < 4.78 is 28.7.